The second-order valence-corrected chi connectivity index (χ2v) is 7.73. The fraction of sp³-hybridized carbons (Fsp3) is 0.200. The predicted molar refractivity (Wildman–Crippen MR) is 103 cm³/mol. The lowest BCUT2D eigenvalue weighted by atomic mass is 10.0. The highest BCUT2D eigenvalue weighted by molar-refractivity contribution is 7.20. The van der Waals surface area contributed by atoms with Gasteiger partial charge in [-0.25, -0.2) is 22.7 Å². The Morgan fingerprint density at radius 1 is 1.07 bits per heavy atom. The molecule has 2 atom stereocenters. The summed E-state index contributed by atoms with van der Waals surface area (Å²) in [5.74, 6) is -2.07. The van der Waals surface area contributed by atoms with Crippen molar-refractivity contribution in [1.82, 2.24) is 14.6 Å². The smallest absolute Gasteiger partial charge is 0.214 e. The number of aromatic nitrogens is 3. The highest BCUT2D eigenvalue weighted by Gasteiger charge is 2.31. The average Bonchev–Trinajstić information content (AvgIpc) is 3.40. The van der Waals surface area contributed by atoms with E-state index in [1.165, 1.54) is 35.6 Å². The SMILES string of the molecule is Fc1ccc(-c2cn3nc(NC4CCOC4c4ccc(F)c(F)c4)sc3n2)cc1. The van der Waals surface area contributed by atoms with E-state index < -0.39 is 17.7 Å². The van der Waals surface area contributed by atoms with Gasteiger partial charge in [-0.2, -0.15) is 0 Å². The van der Waals surface area contributed by atoms with Crippen molar-refractivity contribution in [3.05, 3.63) is 71.7 Å². The minimum absolute atomic E-state index is 0.118. The maximum atomic E-state index is 13.6. The number of fused-ring (bicyclic) bond motifs is 1. The molecule has 0 aliphatic carbocycles. The van der Waals surface area contributed by atoms with Crippen molar-refractivity contribution in [2.24, 2.45) is 0 Å². The molecule has 1 aliphatic rings. The van der Waals surface area contributed by atoms with Gasteiger partial charge in [0.05, 0.1) is 17.9 Å². The topological polar surface area (TPSA) is 51.5 Å². The number of imidazole rings is 1. The normalized spacial score (nSPS) is 19.1. The summed E-state index contributed by atoms with van der Waals surface area (Å²) in [6, 6.07) is 9.82. The van der Waals surface area contributed by atoms with Crippen LogP contribution in [0.4, 0.5) is 18.3 Å². The van der Waals surface area contributed by atoms with E-state index in [4.69, 9.17) is 4.74 Å². The molecule has 5 nitrogen and oxygen atoms in total. The van der Waals surface area contributed by atoms with Gasteiger partial charge in [0, 0.05) is 12.2 Å². The molecule has 1 saturated heterocycles. The first-order chi connectivity index (χ1) is 14.1. The number of nitrogens with one attached hydrogen (secondary N) is 1. The van der Waals surface area contributed by atoms with Crippen LogP contribution in [0.2, 0.25) is 0 Å². The van der Waals surface area contributed by atoms with Gasteiger partial charge < -0.3 is 10.1 Å². The molecule has 148 valence electrons. The van der Waals surface area contributed by atoms with E-state index in [9.17, 15) is 13.2 Å². The van der Waals surface area contributed by atoms with Crippen molar-refractivity contribution >= 4 is 21.4 Å². The first kappa shape index (κ1) is 18.1. The van der Waals surface area contributed by atoms with Crippen LogP contribution in [0.15, 0.2) is 48.7 Å². The summed E-state index contributed by atoms with van der Waals surface area (Å²) in [7, 11) is 0. The molecule has 0 spiro atoms. The Hall–Kier alpha value is -2.91. The highest BCUT2D eigenvalue weighted by atomic mass is 32.1. The molecule has 2 aromatic carbocycles. The summed E-state index contributed by atoms with van der Waals surface area (Å²) in [4.78, 5) is 5.23. The number of benzene rings is 2. The maximum absolute atomic E-state index is 13.6. The summed E-state index contributed by atoms with van der Waals surface area (Å²) in [6.45, 7) is 0.512. The number of ether oxygens (including phenoxy) is 1. The van der Waals surface area contributed by atoms with Gasteiger partial charge in [0.2, 0.25) is 10.1 Å². The van der Waals surface area contributed by atoms with Crippen molar-refractivity contribution in [3.8, 4) is 11.3 Å². The second kappa shape index (κ2) is 7.16. The Kier molecular flexibility index (Phi) is 4.48. The van der Waals surface area contributed by atoms with Crippen LogP contribution in [0.1, 0.15) is 18.1 Å². The van der Waals surface area contributed by atoms with Gasteiger partial charge in [-0.15, -0.1) is 5.10 Å². The molecule has 3 heterocycles. The van der Waals surface area contributed by atoms with Crippen molar-refractivity contribution < 1.29 is 17.9 Å². The molecule has 4 aromatic rings. The zero-order valence-corrected chi connectivity index (χ0v) is 15.8. The van der Waals surface area contributed by atoms with Gasteiger partial charge in [-0.1, -0.05) is 17.4 Å². The first-order valence-electron chi connectivity index (χ1n) is 9.02. The molecule has 0 amide bonds. The lowest BCUT2D eigenvalue weighted by Crippen LogP contribution is -2.23. The third kappa shape index (κ3) is 3.47. The summed E-state index contributed by atoms with van der Waals surface area (Å²) in [5, 5.41) is 8.47. The van der Waals surface area contributed by atoms with Gasteiger partial charge >= 0.3 is 0 Å². The van der Waals surface area contributed by atoms with Gasteiger partial charge in [-0.3, -0.25) is 0 Å². The number of nitrogens with zero attached hydrogens (tertiary/aromatic N) is 3. The molecule has 1 N–H and O–H groups in total. The lowest BCUT2D eigenvalue weighted by Gasteiger charge is -2.19. The third-order valence-electron chi connectivity index (χ3n) is 4.86. The number of hydrogen-bond acceptors (Lipinski definition) is 5. The quantitative estimate of drug-likeness (QED) is 0.518. The van der Waals surface area contributed by atoms with Crippen LogP contribution in [0, 0.1) is 17.5 Å². The predicted octanol–water partition coefficient (Wildman–Crippen LogP) is 4.82. The van der Waals surface area contributed by atoms with Gasteiger partial charge in [0.1, 0.15) is 11.9 Å². The van der Waals surface area contributed by atoms with E-state index in [0.29, 0.717) is 34.4 Å². The summed E-state index contributed by atoms with van der Waals surface area (Å²) in [5.41, 5.74) is 2.10. The molecule has 0 bridgehead atoms. The third-order valence-corrected chi connectivity index (χ3v) is 5.71. The Bertz CT molecular complexity index is 1140. The van der Waals surface area contributed by atoms with E-state index in [1.807, 2.05) is 0 Å². The summed E-state index contributed by atoms with van der Waals surface area (Å²) in [6.07, 6.45) is 2.10. The maximum Gasteiger partial charge on any atom is 0.214 e. The van der Waals surface area contributed by atoms with Crippen LogP contribution in [0.25, 0.3) is 16.2 Å². The van der Waals surface area contributed by atoms with Crippen LogP contribution in [0.5, 0.6) is 0 Å². The molecule has 0 radical (unpaired) electrons. The highest BCUT2D eigenvalue weighted by Crippen LogP contribution is 2.33. The van der Waals surface area contributed by atoms with Gasteiger partial charge in [0.25, 0.3) is 0 Å². The summed E-state index contributed by atoms with van der Waals surface area (Å²) >= 11 is 1.37. The second-order valence-electron chi connectivity index (χ2n) is 6.77. The fourth-order valence-electron chi connectivity index (χ4n) is 3.43. The number of rotatable bonds is 4. The fourth-order valence-corrected chi connectivity index (χ4v) is 4.28. The molecule has 1 fully saturated rings. The van der Waals surface area contributed by atoms with Crippen LogP contribution < -0.4 is 5.32 Å². The Morgan fingerprint density at radius 2 is 1.90 bits per heavy atom. The lowest BCUT2D eigenvalue weighted by molar-refractivity contribution is 0.107. The molecule has 29 heavy (non-hydrogen) atoms. The van der Waals surface area contributed by atoms with Crippen molar-refractivity contribution in [3.63, 3.8) is 0 Å². The largest absolute Gasteiger partial charge is 0.371 e. The monoisotopic (exact) mass is 416 g/mol. The van der Waals surface area contributed by atoms with E-state index in [2.05, 4.69) is 15.4 Å². The molecule has 2 unspecified atom stereocenters. The Balaban J connectivity index is 1.36. The van der Waals surface area contributed by atoms with E-state index in [1.54, 1.807) is 22.8 Å². The first-order valence-corrected chi connectivity index (χ1v) is 9.84. The number of halogens is 3. The van der Waals surface area contributed by atoms with Crippen LogP contribution in [-0.2, 0) is 4.74 Å². The molecule has 9 heteroatoms. The average molecular weight is 416 g/mol. The Labute approximate surface area is 167 Å². The van der Waals surface area contributed by atoms with Crippen molar-refractivity contribution in [1.29, 1.82) is 0 Å². The zero-order chi connectivity index (χ0) is 20.0. The minimum atomic E-state index is -0.891. The van der Waals surface area contributed by atoms with E-state index in [-0.39, 0.29) is 11.9 Å². The standard InChI is InChI=1S/C20H15F3N4OS/c21-13-4-1-11(2-5-13)17-10-27-20(25-17)29-19(26-27)24-16-7-8-28-18(16)12-3-6-14(22)15(23)9-12/h1-6,9-10,16,18H,7-8H2,(H,24,26). The van der Waals surface area contributed by atoms with Crippen molar-refractivity contribution in [2.45, 2.75) is 18.6 Å². The van der Waals surface area contributed by atoms with E-state index >= 15 is 0 Å². The summed E-state index contributed by atoms with van der Waals surface area (Å²) < 4.78 is 47.3. The van der Waals surface area contributed by atoms with Crippen molar-refractivity contribution in [2.75, 3.05) is 11.9 Å². The van der Waals surface area contributed by atoms with Crippen LogP contribution in [0.3, 0.4) is 0 Å². The molecular formula is C20H15F3N4OS. The molecule has 1 aliphatic heterocycles. The number of hydrogen-bond donors (Lipinski definition) is 1. The molecule has 0 saturated carbocycles. The molecule has 2 aromatic heterocycles. The Morgan fingerprint density at radius 3 is 2.66 bits per heavy atom. The van der Waals surface area contributed by atoms with Crippen LogP contribution >= 0.6 is 11.3 Å². The van der Waals surface area contributed by atoms with Crippen LogP contribution in [-0.4, -0.2) is 27.2 Å². The number of anilines is 1. The zero-order valence-electron chi connectivity index (χ0n) is 15.0. The van der Waals surface area contributed by atoms with Gasteiger partial charge in [0.15, 0.2) is 11.6 Å². The van der Waals surface area contributed by atoms with E-state index in [0.717, 1.165) is 11.6 Å². The minimum Gasteiger partial charge on any atom is -0.371 e. The molecule has 5 rings (SSSR count). The van der Waals surface area contributed by atoms with Gasteiger partial charge in [-0.05, 0) is 48.4 Å². The molecular weight excluding hydrogens is 401 g/mol.